The number of carbonyl (C=O) groups is 2. The zero-order chi connectivity index (χ0) is 28.1. The van der Waals surface area contributed by atoms with Crippen LogP contribution in [0.15, 0.2) is 42.5 Å². The molecule has 0 radical (unpaired) electrons. The second-order valence-corrected chi connectivity index (χ2v) is 10.4. The monoisotopic (exact) mass is 525 g/mol. The lowest BCUT2D eigenvalue weighted by atomic mass is 10.0. The standard InChI is InChI=1S/C31H47N3O4/c1-7-14-34(15-8-2)30(35)25-16-23(5)17-26(20-25)31(36)38-29(21-33-13-12-22(3)4)28(32)19-24-10-9-11-27(18-24)37-6/h9-11,16-18,20,22,28-29,33H,7-8,12-15,19,21,32H2,1-6H3/t28-,29+/m0/s1. The van der Waals surface area contributed by atoms with Gasteiger partial charge in [-0.2, -0.15) is 0 Å². The van der Waals surface area contributed by atoms with Crippen LogP contribution in [-0.2, 0) is 11.2 Å². The van der Waals surface area contributed by atoms with Crippen molar-refractivity contribution in [3.8, 4) is 5.75 Å². The van der Waals surface area contributed by atoms with Crippen LogP contribution in [0.3, 0.4) is 0 Å². The van der Waals surface area contributed by atoms with Crippen molar-refractivity contribution in [1.82, 2.24) is 10.2 Å². The van der Waals surface area contributed by atoms with Gasteiger partial charge in [0.25, 0.3) is 5.91 Å². The lowest BCUT2D eigenvalue weighted by Gasteiger charge is -2.25. The Balaban J connectivity index is 2.22. The maximum Gasteiger partial charge on any atom is 0.338 e. The highest BCUT2D eigenvalue weighted by molar-refractivity contribution is 5.98. The molecule has 1 amide bonds. The summed E-state index contributed by atoms with van der Waals surface area (Å²) >= 11 is 0. The van der Waals surface area contributed by atoms with Gasteiger partial charge in [-0.1, -0.05) is 39.8 Å². The summed E-state index contributed by atoms with van der Waals surface area (Å²) in [6, 6.07) is 12.6. The van der Waals surface area contributed by atoms with Gasteiger partial charge in [0.1, 0.15) is 11.9 Å². The number of hydrogen-bond donors (Lipinski definition) is 2. The van der Waals surface area contributed by atoms with Crippen molar-refractivity contribution < 1.29 is 19.1 Å². The van der Waals surface area contributed by atoms with Crippen LogP contribution in [0.2, 0.25) is 0 Å². The van der Waals surface area contributed by atoms with Crippen molar-refractivity contribution in [2.24, 2.45) is 11.7 Å². The summed E-state index contributed by atoms with van der Waals surface area (Å²) in [6.07, 6.45) is 2.76. The average Bonchev–Trinajstić information content (AvgIpc) is 2.89. The van der Waals surface area contributed by atoms with Crippen molar-refractivity contribution in [3.63, 3.8) is 0 Å². The lowest BCUT2D eigenvalue weighted by Crippen LogP contribution is -2.46. The van der Waals surface area contributed by atoms with Gasteiger partial charge in [-0.25, -0.2) is 4.79 Å². The average molecular weight is 526 g/mol. The van der Waals surface area contributed by atoms with E-state index in [0.717, 1.165) is 42.7 Å². The molecule has 0 fully saturated rings. The number of rotatable bonds is 16. The zero-order valence-corrected chi connectivity index (χ0v) is 24.1. The summed E-state index contributed by atoms with van der Waals surface area (Å²) < 4.78 is 11.3. The number of aryl methyl sites for hydroxylation is 1. The van der Waals surface area contributed by atoms with Crippen molar-refractivity contribution in [1.29, 1.82) is 0 Å². The molecule has 0 spiro atoms. The molecule has 0 saturated carbocycles. The lowest BCUT2D eigenvalue weighted by molar-refractivity contribution is 0.0238. The Morgan fingerprint density at radius 3 is 2.34 bits per heavy atom. The van der Waals surface area contributed by atoms with Gasteiger partial charge in [-0.15, -0.1) is 0 Å². The Morgan fingerprint density at radius 2 is 1.71 bits per heavy atom. The maximum absolute atomic E-state index is 13.4. The minimum absolute atomic E-state index is 0.0620. The van der Waals surface area contributed by atoms with Gasteiger partial charge in [0, 0.05) is 31.2 Å². The smallest absolute Gasteiger partial charge is 0.338 e. The number of nitrogens with zero attached hydrogens (tertiary/aromatic N) is 1. The molecule has 0 bridgehead atoms. The number of hydrogen-bond acceptors (Lipinski definition) is 6. The zero-order valence-electron chi connectivity index (χ0n) is 24.1. The predicted octanol–water partition coefficient (Wildman–Crippen LogP) is 5.00. The molecule has 38 heavy (non-hydrogen) atoms. The quantitative estimate of drug-likeness (QED) is 0.237. The Hall–Kier alpha value is -2.90. The first-order valence-electron chi connectivity index (χ1n) is 13.9. The van der Waals surface area contributed by atoms with E-state index in [1.807, 2.05) is 42.2 Å². The summed E-state index contributed by atoms with van der Waals surface area (Å²) in [7, 11) is 1.63. The summed E-state index contributed by atoms with van der Waals surface area (Å²) in [6.45, 7) is 13.0. The third kappa shape index (κ3) is 10.1. The molecule has 2 aromatic rings. The Morgan fingerprint density at radius 1 is 1.03 bits per heavy atom. The number of methoxy groups -OCH3 is 1. The Bertz CT molecular complexity index is 1020. The van der Waals surface area contributed by atoms with Crippen LogP contribution in [0.25, 0.3) is 0 Å². The summed E-state index contributed by atoms with van der Waals surface area (Å²) in [5.41, 5.74) is 9.32. The molecule has 0 unspecified atom stereocenters. The molecule has 0 saturated heterocycles. The first-order chi connectivity index (χ1) is 18.2. The van der Waals surface area contributed by atoms with Gasteiger partial charge in [0.2, 0.25) is 0 Å². The van der Waals surface area contributed by atoms with Crippen molar-refractivity contribution >= 4 is 11.9 Å². The van der Waals surface area contributed by atoms with Gasteiger partial charge in [0.15, 0.2) is 0 Å². The number of carbonyl (C=O) groups excluding carboxylic acids is 2. The van der Waals surface area contributed by atoms with E-state index in [9.17, 15) is 9.59 Å². The van der Waals surface area contributed by atoms with E-state index in [4.69, 9.17) is 15.2 Å². The van der Waals surface area contributed by atoms with Crippen molar-refractivity contribution in [2.45, 2.75) is 72.4 Å². The number of esters is 1. The second-order valence-electron chi connectivity index (χ2n) is 10.4. The largest absolute Gasteiger partial charge is 0.497 e. The van der Waals surface area contributed by atoms with Gasteiger partial charge in [-0.3, -0.25) is 4.79 Å². The van der Waals surface area contributed by atoms with E-state index >= 15 is 0 Å². The van der Waals surface area contributed by atoms with Crippen LogP contribution < -0.4 is 15.8 Å². The van der Waals surface area contributed by atoms with Crippen LogP contribution in [0.4, 0.5) is 0 Å². The number of ether oxygens (including phenoxy) is 2. The Labute approximate surface area is 229 Å². The highest BCUT2D eigenvalue weighted by atomic mass is 16.5. The molecule has 0 aliphatic carbocycles. The van der Waals surface area contributed by atoms with Crippen LogP contribution in [-0.4, -0.2) is 62.2 Å². The fourth-order valence-corrected chi connectivity index (χ4v) is 4.39. The molecule has 3 N–H and O–H groups in total. The summed E-state index contributed by atoms with van der Waals surface area (Å²) in [5, 5.41) is 3.40. The molecular weight excluding hydrogens is 478 g/mol. The fraction of sp³-hybridized carbons (Fsp3) is 0.548. The molecule has 2 rings (SSSR count). The first-order valence-corrected chi connectivity index (χ1v) is 13.9. The molecule has 2 aromatic carbocycles. The minimum Gasteiger partial charge on any atom is -0.497 e. The molecule has 0 aromatic heterocycles. The van der Waals surface area contributed by atoms with Crippen molar-refractivity contribution in [3.05, 3.63) is 64.7 Å². The molecule has 0 aliphatic rings. The number of benzene rings is 2. The van der Waals surface area contributed by atoms with Crippen LogP contribution in [0.5, 0.6) is 5.75 Å². The van der Waals surface area contributed by atoms with Crippen LogP contribution >= 0.6 is 0 Å². The Kier molecular flexibility index (Phi) is 13.3. The van der Waals surface area contributed by atoms with E-state index in [-0.39, 0.29) is 5.91 Å². The number of nitrogens with one attached hydrogen (secondary N) is 1. The van der Waals surface area contributed by atoms with Gasteiger partial charge in [-0.05, 0) is 86.5 Å². The number of nitrogens with two attached hydrogens (primary N) is 1. The second kappa shape index (κ2) is 16.1. The SMILES string of the molecule is CCCN(CCC)C(=O)c1cc(C)cc(C(=O)O[C@H](CNCCC(C)C)[C@@H](N)Cc2cccc(OC)c2)c1. The van der Waals surface area contributed by atoms with Gasteiger partial charge >= 0.3 is 5.97 Å². The third-order valence-corrected chi connectivity index (χ3v) is 6.42. The highest BCUT2D eigenvalue weighted by Crippen LogP contribution is 2.18. The van der Waals surface area contributed by atoms with Crippen LogP contribution in [0.1, 0.15) is 78.8 Å². The van der Waals surface area contributed by atoms with Gasteiger partial charge in [0.05, 0.1) is 12.7 Å². The fourth-order valence-electron chi connectivity index (χ4n) is 4.39. The molecule has 0 aliphatic heterocycles. The normalized spacial score (nSPS) is 12.7. The number of amides is 1. The molecule has 2 atom stereocenters. The summed E-state index contributed by atoms with van der Waals surface area (Å²) in [4.78, 5) is 28.4. The molecular formula is C31H47N3O4. The van der Waals surface area contributed by atoms with E-state index in [2.05, 4.69) is 33.0 Å². The highest BCUT2D eigenvalue weighted by Gasteiger charge is 2.25. The topological polar surface area (TPSA) is 93.9 Å². The minimum atomic E-state index is -0.544. The first kappa shape index (κ1) is 31.3. The molecule has 7 heteroatoms. The molecule has 7 nitrogen and oxygen atoms in total. The van der Waals surface area contributed by atoms with Gasteiger partial charge < -0.3 is 25.4 Å². The molecule has 0 heterocycles. The van der Waals surface area contributed by atoms with E-state index < -0.39 is 18.1 Å². The predicted molar refractivity (Wildman–Crippen MR) is 154 cm³/mol. The van der Waals surface area contributed by atoms with Crippen LogP contribution in [0, 0.1) is 12.8 Å². The van der Waals surface area contributed by atoms with Crippen molar-refractivity contribution in [2.75, 3.05) is 33.3 Å². The van der Waals surface area contributed by atoms with E-state index in [1.54, 1.807) is 19.2 Å². The summed E-state index contributed by atoms with van der Waals surface area (Å²) in [5.74, 6) is 0.790. The molecule has 210 valence electrons. The van der Waals surface area contributed by atoms with E-state index in [1.165, 1.54) is 0 Å². The van der Waals surface area contributed by atoms with E-state index in [0.29, 0.717) is 43.1 Å². The maximum atomic E-state index is 13.4. The third-order valence-electron chi connectivity index (χ3n) is 6.42.